The summed E-state index contributed by atoms with van der Waals surface area (Å²) in [5, 5.41) is 3.17. The predicted molar refractivity (Wildman–Crippen MR) is 128 cm³/mol. The van der Waals surface area contributed by atoms with Gasteiger partial charge in [-0.2, -0.15) is 0 Å². The van der Waals surface area contributed by atoms with Crippen molar-refractivity contribution in [3.63, 3.8) is 0 Å². The molecule has 166 valence electrons. The van der Waals surface area contributed by atoms with E-state index in [0.29, 0.717) is 32.1 Å². The zero-order valence-corrected chi connectivity index (χ0v) is 20.2. The van der Waals surface area contributed by atoms with Crippen molar-refractivity contribution in [3.05, 3.63) is 30.3 Å². The molecule has 1 N–H and O–H groups in total. The fourth-order valence-electron chi connectivity index (χ4n) is 4.05. The number of esters is 1. The number of aliphatic imine (C=N–C) groups is 1. The number of benzene rings is 1. The average molecular weight is 529 g/mol. The van der Waals surface area contributed by atoms with Gasteiger partial charge in [0, 0.05) is 52.0 Å². The summed E-state index contributed by atoms with van der Waals surface area (Å²) in [4.78, 5) is 35.1. The third-order valence-corrected chi connectivity index (χ3v) is 5.78. The number of guanidine groups is 1. The summed E-state index contributed by atoms with van der Waals surface area (Å²) >= 11 is 0. The maximum Gasteiger partial charge on any atom is 0.310 e. The van der Waals surface area contributed by atoms with Crippen LogP contribution in [0.1, 0.15) is 6.92 Å². The fraction of sp³-hybridized carbons (Fsp3) is 0.571. The van der Waals surface area contributed by atoms with Crippen molar-refractivity contribution in [3.8, 4) is 0 Å². The van der Waals surface area contributed by atoms with Gasteiger partial charge in [0.1, 0.15) is 0 Å². The van der Waals surface area contributed by atoms with Crippen LogP contribution in [0.5, 0.6) is 0 Å². The number of nitrogens with zero attached hydrogens (tertiary/aromatic N) is 4. The van der Waals surface area contributed by atoms with Gasteiger partial charge >= 0.3 is 5.97 Å². The molecule has 0 saturated carbocycles. The van der Waals surface area contributed by atoms with Gasteiger partial charge in [0.25, 0.3) is 0 Å². The van der Waals surface area contributed by atoms with Crippen LogP contribution in [-0.4, -0.2) is 87.6 Å². The highest BCUT2D eigenvalue weighted by atomic mass is 127. The van der Waals surface area contributed by atoms with Crippen molar-refractivity contribution in [1.82, 2.24) is 15.1 Å². The second-order valence-corrected chi connectivity index (χ2v) is 7.62. The largest absolute Gasteiger partial charge is 0.469 e. The van der Waals surface area contributed by atoms with Crippen LogP contribution in [0.4, 0.5) is 5.69 Å². The summed E-state index contributed by atoms with van der Waals surface area (Å²) in [5.74, 6) is 0.543. The van der Waals surface area contributed by atoms with Crippen LogP contribution >= 0.6 is 24.0 Å². The number of carbonyl (C=O) groups is 2. The minimum Gasteiger partial charge on any atom is -0.469 e. The Kier molecular flexibility index (Phi) is 9.19. The quantitative estimate of drug-likeness (QED) is 0.274. The number of hydrogen-bond acceptors (Lipinski definition) is 5. The minimum atomic E-state index is -0.192. The number of hydrogen-bond donors (Lipinski definition) is 1. The molecule has 1 amide bonds. The number of rotatable bonds is 4. The molecule has 1 aromatic rings. The van der Waals surface area contributed by atoms with E-state index in [4.69, 9.17) is 4.74 Å². The Bertz CT molecular complexity index is 737. The highest BCUT2D eigenvalue weighted by molar-refractivity contribution is 14.0. The summed E-state index contributed by atoms with van der Waals surface area (Å²) in [5.41, 5.74) is 1.20. The first kappa shape index (κ1) is 24.2. The molecular weight excluding hydrogens is 497 g/mol. The Labute approximate surface area is 195 Å². The van der Waals surface area contributed by atoms with Crippen molar-refractivity contribution >= 4 is 47.5 Å². The van der Waals surface area contributed by atoms with Gasteiger partial charge in [-0.3, -0.25) is 14.6 Å². The second kappa shape index (κ2) is 11.4. The molecule has 0 aromatic heterocycles. The summed E-state index contributed by atoms with van der Waals surface area (Å²) in [6.07, 6.45) is 0. The molecule has 1 aromatic carbocycles. The summed E-state index contributed by atoms with van der Waals surface area (Å²) in [6.45, 7) is 6.57. The molecule has 2 aliphatic heterocycles. The molecule has 9 heteroatoms. The van der Waals surface area contributed by atoms with Gasteiger partial charge in [0.05, 0.1) is 19.6 Å². The molecule has 3 rings (SSSR count). The molecule has 2 heterocycles. The van der Waals surface area contributed by atoms with E-state index in [1.165, 1.54) is 12.8 Å². The predicted octanol–water partition coefficient (Wildman–Crippen LogP) is 1.27. The van der Waals surface area contributed by atoms with Crippen molar-refractivity contribution in [2.75, 3.05) is 64.9 Å². The molecular formula is C21H32IN5O3. The van der Waals surface area contributed by atoms with E-state index in [0.717, 1.165) is 13.1 Å². The SMILES string of the molecule is CN=C(NCC(=O)N1CCN(c2ccccc2)CC1)N1CC(C)C(C(=O)OC)C1.I. The van der Waals surface area contributed by atoms with E-state index in [-0.39, 0.29) is 54.2 Å². The molecule has 0 bridgehead atoms. The number of para-hydroxylation sites is 1. The fourth-order valence-corrected chi connectivity index (χ4v) is 4.05. The molecule has 0 aliphatic carbocycles. The van der Waals surface area contributed by atoms with E-state index < -0.39 is 0 Å². The summed E-state index contributed by atoms with van der Waals surface area (Å²) in [7, 11) is 3.11. The second-order valence-electron chi connectivity index (χ2n) is 7.62. The highest BCUT2D eigenvalue weighted by Gasteiger charge is 2.37. The lowest BCUT2D eigenvalue weighted by Gasteiger charge is -2.36. The Morgan fingerprint density at radius 3 is 2.37 bits per heavy atom. The molecule has 2 fully saturated rings. The molecule has 0 radical (unpaired) electrons. The average Bonchev–Trinajstić information content (AvgIpc) is 3.15. The van der Waals surface area contributed by atoms with Gasteiger partial charge in [-0.1, -0.05) is 25.1 Å². The lowest BCUT2D eigenvalue weighted by molar-refractivity contribution is -0.146. The van der Waals surface area contributed by atoms with Gasteiger partial charge in [-0.05, 0) is 18.1 Å². The number of amides is 1. The van der Waals surface area contributed by atoms with Crippen molar-refractivity contribution in [2.45, 2.75) is 6.92 Å². The van der Waals surface area contributed by atoms with Gasteiger partial charge in [-0.25, -0.2) is 0 Å². The van der Waals surface area contributed by atoms with Crippen LogP contribution in [0.3, 0.4) is 0 Å². The van der Waals surface area contributed by atoms with E-state index >= 15 is 0 Å². The zero-order valence-electron chi connectivity index (χ0n) is 17.9. The third kappa shape index (κ3) is 5.77. The van der Waals surface area contributed by atoms with E-state index in [1.54, 1.807) is 7.05 Å². The van der Waals surface area contributed by atoms with Crippen molar-refractivity contribution in [2.24, 2.45) is 16.8 Å². The molecule has 30 heavy (non-hydrogen) atoms. The number of nitrogens with one attached hydrogen (secondary N) is 1. The monoisotopic (exact) mass is 529 g/mol. The third-order valence-electron chi connectivity index (χ3n) is 5.78. The van der Waals surface area contributed by atoms with E-state index in [1.807, 2.05) is 34.9 Å². The van der Waals surface area contributed by atoms with Crippen LogP contribution in [-0.2, 0) is 14.3 Å². The van der Waals surface area contributed by atoms with Gasteiger partial charge in [0.2, 0.25) is 5.91 Å². The van der Waals surface area contributed by atoms with Crippen LogP contribution in [0.2, 0.25) is 0 Å². The van der Waals surface area contributed by atoms with Gasteiger partial charge in [-0.15, -0.1) is 24.0 Å². The van der Waals surface area contributed by atoms with E-state index in [2.05, 4.69) is 27.3 Å². The highest BCUT2D eigenvalue weighted by Crippen LogP contribution is 2.24. The Morgan fingerprint density at radius 1 is 1.10 bits per heavy atom. The van der Waals surface area contributed by atoms with Gasteiger partial charge in [0.15, 0.2) is 5.96 Å². The number of anilines is 1. The minimum absolute atomic E-state index is 0. The molecule has 0 spiro atoms. The maximum atomic E-state index is 12.7. The Morgan fingerprint density at radius 2 is 1.77 bits per heavy atom. The first-order chi connectivity index (χ1) is 14.0. The molecule has 2 unspecified atom stereocenters. The zero-order chi connectivity index (χ0) is 20.8. The summed E-state index contributed by atoms with van der Waals surface area (Å²) in [6, 6.07) is 10.3. The lowest BCUT2D eigenvalue weighted by atomic mass is 9.99. The van der Waals surface area contributed by atoms with Crippen LogP contribution in [0, 0.1) is 11.8 Å². The van der Waals surface area contributed by atoms with E-state index in [9.17, 15) is 9.59 Å². The number of piperazine rings is 1. The Hall–Kier alpha value is -2.04. The standard InChI is InChI=1S/C21H31N5O3.HI/c1-16-14-26(15-18(16)20(28)29-3)21(22-2)23-13-19(27)25-11-9-24(10-12-25)17-7-5-4-6-8-17;/h4-8,16,18H,9-15H2,1-3H3,(H,22,23);1H. The van der Waals surface area contributed by atoms with Crippen LogP contribution in [0.15, 0.2) is 35.3 Å². The van der Waals surface area contributed by atoms with Crippen LogP contribution in [0.25, 0.3) is 0 Å². The number of carbonyl (C=O) groups excluding carboxylic acids is 2. The Balaban J connectivity index is 0.00000320. The first-order valence-electron chi connectivity index (χ1n) is 10.1. The number of likely N-dealkylation sites (tertiary alicyclic amines) is 1. The molecule has 2 aliphatic rings. The summed E-state index contributed by atoms with van der Waals surface area (Å²) < 4.78 is 4.89. The number of ether oxygens (including phenoxy) is 1. The molecule has 8 nitrogen and oxygen atoms in total. The maximum absolute atomic E-state index is 12.7. The first-order valence-corrected chi connectivity index (χ1v) is 10.1. The molecule has 2 saturated heterocycles. The topological polar surface area (TPSA) is 77.5 Å². The van der Waals surface area contributed by atoms with Crippen molar-refractivity contribution < 1.29 is 14.3 Å². The van der Waals surface area contributed by atoms with Crippen molar-refractivity contribution in [1.29, 1.82) is 0 Å². The lowest BCUT2D eigenvalue weighted by Crippen LogP contribution is -2.52. The smallest absolute Gasteiger partial charge is 0.310 e. The number of halogens is 1. The number of methoxy groups -OCH3 is 1. The van der Waals surface area contributed by atoms with Gasteiger partial charge < -0.3 is 24.8 Å². The normalized spacial score (nSPS) is 21.8. The molecule has 2 atom stereocenters. The van der Waals surface area contributed by atoms with Crippen LogP contribution < -0.4 is 10.2 Å².